The van der Waals surface area contributed by atoms with E-state index in [9.17, 15) is 5.11 Å². The van der Waals surface area contributed by atoms with Gasteiger partial charge in [0.15, 0.2) is 0 Å². The van der Waals surface area contributed by atoms with Gasteiger partial charge in [-0.3, -0.25) is 4.90 Å². The molecule has 0 aliphatic carbocycles. The molecule has 0 bridgehead atoms. The van der Waals surface area contributed by atoms with Crippen molar-refractivity contribution < 1.29 is 5.11 Å². The molecule has 192 valence electrons. The number of aryl methyl sites for hydroxylation is 1. The van der Waals surface area contributed by atoms with Crippen molar-refractivity contribution in [2.45, 2.75) is 44.2 Å². The number of β-amino-alcohol motifs (C(OH)–C–C–N with tert-alkyl or cyclic N) is 1. The first-order chi connectivity index (χ1) is 17.5. The summed E-state index contributed by atoms with van der Waals surface area (Å²) in [5.41, 5.74) is 3.98. The van der Waals surface area contributed by atoms with Crippen molar-refractivity contribution in [1.29, 1.82) is 0 Å². The lowest BCUT2D eigenvalue weighted by Crippen LogP contribution is -2.46. The minimum absolute atomic E-state index is 0.223. The Morgan fingerprint density at radius 1 is 0.944 bits per heavy atom. The molecular formula is C30H36Cl2N2OS. The minimum atomic E-state index is -0.223. The second-order valence-corrected chi connectivity index (χ2v) is 12.2. The zero-order chi connectivity index (χ0) is 24.9. The Balaban J connectivity index is 1.16. The van der Waals surface area contributed by atoms with Gasteiger partial charge in [0.25, 0.3) is 0 Å². The normalized spacial score (nSPS) is 25.4. The van der Waals surface area contributed by atoms with Gasteiger partial charge in [-0.1, -0.05) is 59.6 Å². The van der Waals surface area contributed by atoms with Crippen molar-refractivity contribution in [3.05, 3.63) is 92.1 Å². The number of likely N-dealkylation sites (tertiary alicyclic amines) is 2. The second-order valence-electron chi connectivity index (χ2n) is 10.6. The molecule has 4 atom stereocenters. The van der Waals surface area contributed by atoms with E-state index in [1.807, 2.05) is 12.1 Å². The molecule has 1 N–H and O–H groups in total. The molecule has 2 fully saturated rings. The smallest absolute Gasteiger partial charge is 0.0695 e. The van der Waals surface area contributed by atoms with Crippen LogP contribution in [0.5, 0.6) is 0 Å². The number of aliphatic hydroxyl groups excluding tert-OH is 1. The van der Waals surface area contributed by atoms with E-state index in [0.717, 1.165) is 75.5 Å². The van der Waals surface area contributed by atoms with E-state index >= 15 is 0 Å². The van der Waals surface area contributed by atoms with Crippen molar-refractivity contribution >= 4 is 34.5 Å². The summed E-state index contributed by atoms with van der Waals surface area (Å²) in [6.07, 6.45) is 4.23. The van der Waals surface area contributed by atoms with Crippen LogP contribution < -0.4 is 0 Å². The van der Waals surface area contributed by atoms with Gasteiger partial charge in [0.1, 0.15) is 0 Å². The Bertz CT molecular complexity index is 1090. The third-order valence-corrected chi connectivity index (χ3v) is 9.37. The van der Waals surface area contributed by atoms with Gasteiger partial charge < -0.3 is 10.0 Å². The lowest BCUT2D eigenvalue weighted by Gasteiger charge is -2.38. The van der Waals surface area contributed by atoms with Crippen LogP contribution in [0.2, 0.25) is 10.0 Å². The number of rotatable bonds is 9. The summed E-state index contributed by atoms with van der Waals surface area (Å²) in [5.74, 6) is 1.49. The third-order valence-electron chi connectivity index (χ3n) is 8.08. The molecule has 2 saturated heterocycles. The highest BCUT2D eigenvalue weighted by atomic mass is 35.5. The minimum Gasteiger partial charge on any atom is -0.392 e. The number of thiophene rings is 1. The van der Waals surface area contributed by atoms with E-state index in [1.165, 1.54) is 11.1 Å². The van der Waals surface area contributed by atoms with Crippen LogP contribution in [0.4, 0.5) is 0 Å². The Morgan fingerprint density at radius 3 is 2.56 bits per heavy atom. The summed E-state index contributed by atoms with van der Waals surface area (Å²) < 4.78 is 0. The maximum absolute atomic E-state index is 11.0. The molecule has 3 nitrogen and oxygen atoms in total. The Morgan fingerprint density at radius 2 is 1.81 bits per heavy atom. The van der Waals surface area contributed by atoms with Crippen LogP contribution in [0.15, 0.2) is 65.4 Å². The van der Waals surface area contributed by atoms with Gasteiger partial charge in [0.2, 0.25) is 0 Å². The summed E-state index contributed by atoms with van der Waals surface area (Å²) in [4.78, 5) is 5.05. The monoisotopic (exact) mass is 542 g/mol. The molecule has 5 rings (SSSR count). The average Bonchev–Trinajstić information content (AvgIpc) is 3.53. The number of nitrogens with zero attached hydrogens (tertiary/aromatic N) is 2. The highest BCUT2D eigenvalue weighted by Gasteiger charge is 2.37. The molecule has 3 heterocycles. The first-order valence-electron chi connectivity index (χ1n) is 13.2. The lowest BCUT2D eigenvalue weighted by atomic mass is 9.86. The molecule has 0 amide bonds. The number of hydrogen-bond acceptors (Lipinski definition) is 4. The van der Waals surface area contributed by atoms with Gasteiger partial charge in [-0.05, 0) is 89.7 Å². The number of hydrogen-bond donors (Lipinski definition) is 1. The predicted octanol–water partition coefficient (Wildman–Crippen LogP) is 6.98. The SMILES string of the molecule is OC1CN(CC2CN(Cc3ccc(Cl)cc3Cl)CC2c2ccsc2)CCC1CCCc1ccccc1. The first-order valence-corrected chi connectivity index (χ1v) is 14.9. The Hall–Kier alpha value is -1.40. The molecular weight excluding hydrogens is 507 g/mol. The van der Waals surface area contributed by atoms with Crippen LogP contribution in [0, 0.1) is 11.8 Å². The number of benzene rings is 2. The summed E-state index contributed by atoms with van der Waals surface area (Å²) in [5, 5.41) is 16.9. The van der Waals surface area contributed by atoms with Gasteiger partial charge >= 0.3 is 0 Å². The van der Waals surface area contributed by atoms with Crippen molar-refractivity contribution in [3.8, 4) is 0 Å². The van der Waals surface area contributed by atoms with Crippen molar-refractivity contribution in [3.63, 3.8) is 0 Å². The number of halogens is 2. The van der Waals surface area contributed by atoms with Crippen LogP contribution in [0.25, 0.3) is 0 Å². The van der Waals surface area contributed by atoms with Gasteiger partial charge in [0.05, 0.1) is 6.10 Å². The van der Waals surface area contributed by atoms with E-state index in [2.05, 4.69) is 63.0 Å². The molecule has 6 heteroatoms. The van der Waals surface area contributed by atoms with E-state index in [4.69, 9.17) is 23.2 Å². The summed E-state index contributed by atoms with van der Waals surface area (Å²) >= 11 is 14.4. The summed E-state index contributed by atoms with van der Waals surface area (Å²) in [6.45, 7) is 5.86. The first kappa shape index (κ1) is 26.2. The van der Waals surface area contributed by atoms with Gasteiger partial charge in [0, 0.05) is 48.7 Å². The molecule has 2 aliphatic heterocycles. The Labute approximate surface area is 229 Å². The average molecular weight is 544 g/mol. The van der Waals surface area contributed by atoms with Crippen molar-refractivity contribution in [1.82, 2.24) is 9.80 Å². The molecule has 1 aromatic heterocycles. The second kappa shape index (κ2) is 12.4. The van der Waals surface area contributed by atoms with Crippen LogP contribution in [0.3, 0.4) is 0 Å². The molecule has 36 heavy (non-hydrogen) atoms. The zero-order valence-electron chi connectivity index (χ0n) is 20.7. The maximum Gasteiger partial charge on any atom is 0.0695 e. The number of piperidine rings is 1. The molecule has 4 unspecified atom stereocenters. The largest absolute Gasteiger partial charge is 0.392 e. The van der Waals surface area contributed by atoms with Gasteiger partial charge in [-0.25, -0.2) is 0 Å². The standard InChI is InChI=1S/C30H36Cl2N2OS/c31-27-10-9-24(29(32)15-27)16-34-18-26(28(19-34)25-12-14-36-21-25)17-33-13-11-23(30(35)20-33)8-4-7-22-5-2-1-3-6-22/h1-3,5-6,9-10,12,14-15,21,23,26,28,30,35H,4,7-8,11,13,16-20H2. The van der Waals surface area contributed by atoms with Crippen molar-refractivity contribution in [2.24, 2.45) is 11.8 Å². The Kier molecular flexibility index (Phi) is 9.05. The predicted molar refractivity (Wildman–Crippen MR) is 152 cm³/mol. The van der Waals surface area contributed by atoms with Crippen LogP contribution >= 0.6 is 34.5 Å². The van der Waals surface area contributed by atoms with E-state index in [-0.39, 0.29) is 6.10 Å². The topological polar surface area (TPSA) is 26.7 Å². The van der Waals surface area contributed by atoms with E-state index in [1.54, 1.807) is 11.3 Å². The van der Waals surface area contributed by atoms with Gasteiger partial charge in [-0.2, -0.15) is 11.3 Å². The molecule has 0 saturated carbocycles. The molecule has 0 spiro atoms. The van der Waals surface area contributed by atoms with Crippen molar-refractivity contribution in [2.75, 3.05) is 32.7 Å². The fourth-order valence-corrected chi connectivity index (χ4v) is 7.32. The fraction of sp³-hybridized carbons (Fsp3) is 0.467. The van der Waals surface area contributed by atoms with Crippen LogP contribution in [0.1, 0.15) is 41.9 Å². The van der Waals surface area contributed by atoms with E-state index in [0.29, 0.717) is 22.8 Å². The van der Waals surface area contributed by atoms with Gasteiger partial charge in [-0.15, -0.1) is 0 Å². The quantitative estimate of drug-likeness (QED) is 0.316. The molecule has 2 aromatic carbocycles. The number of aliphatic hydroxyl groups is 1. The zero-order valence-corrected chi connectivity index (χ0v) is 23.1. The molecule has 3 aromatic rings. The van der Waals surface area contributed by atoms with Crippen LogP contribution in [-0.2, 0) is 13.0 Å². The molecule has 0 radical (unpaired) electrons. The summed E-state index contributed by atoms with van der Waals surface area (Å²) in [7, 11) is 0. The highest BCUT2D eigenvalue weighted by molar-refractivity contribution is 7.08. The highest BCUT2D eigenvalue weighted by Crippen LogP contribution is 2.37. The van der Waals surface area contributed by atoms with E-state index < -0.39 is 0 Å². The lowest BCUT2D eigenvalue weighted by molar-refractivity contribution is 0.0117. The fourth-order valence-electron chi connectivity index (χ4n) is 6.12. The van der Waals surface area contributed by atoms with Crippen LogP contribution in [-0.4, -0.2) is 53.7 Å². The summed E-state index contributed by atoms with van der Waals surface area (Å²) in [6, 6.07) is 18.8. The maximum atomic E-state index is 11.0. The molecule has 2 aliphatic rings. The third kappa shape index (κ3) is 6.72.